The van der Waals surface area contributed by atoms with Crippen LogP contribution >= 0.6 is 0 Å². The molecule has 0 amide bonds. The van der Waals surface area contributed by atoms with Gasteiger partial charge in [0, 0.05) is 39.8 Å². The highest BCUT2D eigenvalue weighted by molar-refractivity contribution is 5.10. The molecule has 5 heteroatoms. The van der Waals surface area contributed by atoms with Crippen LogP contribution in [-0.4, -0.2) is 40.7 Å². The summed E-state index contributed by atoms with van der Waals surface area (Å²) in [6.07, 6.45) is 1.58. The fourth-order valence-corrected chi connectivity index (χ4v) is 1.97. The lowest BCUT2D eigenvalue weighted by Crippen LogP contribution is -2.38. The highest BCUT2D eigenvalue weighted by Crippen LogP contribution is 2.09. The second-order valence-corrected chi connectivity index (χ2v) is 5.14. The van der Waals surface area contributed by atoms with Crippen molar-refractivity contribution in [1.29, 1.82) is 0 Å². The maximum atomic E-state index is 10.1. The van der Waals surface area contributed by atoms with E-state index >= 15 is 0 Å². The summed E-state index contributed by atoms with van der Waals surface area (Å²) >= 11 is 0. The molecular weight excluding hydrogens is 242 g/mol. The molecule has 0 aliphatic heterocycles. The first kappa shape index (κ1) is 16.1. The topological polar surface area (TPSA) is 59.3 Å². The monoisotopic (exact) mass is 269 g/mol. The highest BCUT2D eigenvalue weighted by atomic mass is 16.5. The normalized spacial score (nSPS) is 14.6. The zero-order valence-electron chi connectivity index (χ0n) is 12.6. The first-order valence-electron chi connectivity index (χ1n) is 7.00. The predicted molar refractivity (Wildman–Crippen MR) is 76.1 cm³/mol. The van der Waals surface area contributed by atoms with Gasteiger partial charge in [0.15, 0.2) is 0 Å². The van der Waals surface area contributed by atoms with Gasteiger partial charge in [0.05, 0.1) is 17.0 Å². The summed E-state index contributed by atoms with van der Waals surface area (Å²) < 4.78 is 7.00. The van der Waals surface area contributed by atoms with Crippen molar-refractivity contribution in [3.63, 3.8) is 0 Å². The summed E-state index contributed by atoms with van der Waals surface area (Å²) in [5.74, 6) is 0. The number of hydrogen-bond acceptors (Lipinski definition) is 4. The van der Waals surface area contributed by atoms with Crippen LogP contribution in [0.25, 0.3) is 0 Å². The largest absolute Gasteiger partial charge is 0.389 e. The summed E-state index contributed by atoms with van der Waals surface area (Å²) in [5, 5.41) is 17.9. The lowest BCUT2D eigenvalue weighted by atomic mass is 10.0. The Kier molecular flexibility index (Phi) is 6.48. The van der Waals surface area contributed by atoms with Crippen LogP contribution in [0, 0.1) is 0 Å². The van der Waals surface area contributed by atoms with Crippen molar-refractivity contribution in [1.82, 2.24) is 15.1 Å². The number of rotatable bonds is 9. The molecule has 0 bridgehead atoms. The van der Waals surface area contributed by atoms with Gasteiger partial charge in [-0.15, -0.1) is 0 Å². The van der Waals surface area contributed by atoms with Gasteiger partial charge in [0.2, 0.25) is 0 Å². The number of aryl methyl sites for hydroxylation is 2. The quantitative estimate of drug-likeness (QED) is 0.710. The SMILES string of the molecule is CCc1cc(CNCC(C)(O)CCOC)n(CC)n1. The minimum atomic E-state index is -0.735. The Labute approximate surface area is 116 Å². The second-order valence-electron chi connectivity index (χ2n) is 5.14. The average Bonchev–Trinajstić information content (AvgIpc) is 2.79. The molecule has 0 saturated carbocycles. The van der Waals surface area contributed by atoms with Crippen molar-refractivity contribution in [2.24, 2.45) is 0 Å². The van der Waals surface area contributed by atoms with E-state index in [9.17, 15) is 5.11 Å². The molecule has 0 spiro atoms. The van der Waals surface area contributed by atoms with E-state index in [1.54, 1.807) is 7.11 Å². The van der Waals surface area contributed by atoms with Crippen molar-refractivity contribution >= 4 is 0 Å². The highest BCUT2D eigenvalue weighted by Gasteiger charge is 2.19. The summed E-state index contributed by atoms with van der Waals surface area (Å²) in [6.45, 7) is 8.74. The predicted octanol–water partition coefficient (Wildman–Crippen LogP) is 1.34. The van der Waals surface area contributed by atoms with Crippen LogP contribution < -0.4 is 5.32 Å². The summed E-state index contributed by atoms with van der Waals surface area (Å²) in [6, 6.07) is 2.13. The van der Waals surface area contributed by atoms with E-state index < -0.39 is 5.60 Å². The maximum absolute atomic E-state index is 10.1. The Morgan fingerprint density at radius 2 is 2.21 bits per heavy atom. The Morgan fingerprint density at radius 3 is 2.79 bits per heavy atom. The zero-order valence-corrected chi connectivity index (χ0v) is 12.6. The zero-order chi connectivity index (χ0) is 14.3. The molecule has 0 aliphatic rings. The van der Waals surface area contributed by atoms with Crippen molar-refractivity contribution in [2.45, 2.75) is 52.3 Å². The van der Waals surface area contributed by atoms with Gasteiger partial charge in [0.25, 0.3) is 0 Å². The first-order chi connectivity index (χ1) is 9.02. The van der Waals surface area contributed by atoms with E-state index in [1.165, 1.54) is 5.69 Å². The fourth-order valence-electron chi connectivity index (χ4n) is 1.97. The molecule has 2 N–H and O–H groups in total. The molecule has 0 fully saturated rings. The van der Waals surface area contributed by atoms with Crippen LogP contribution in [0.3, 0.4) is 0 Å². The van der Waals surface area contributed by atoms with Crippen LogP contribution in [0.15, 0.2) is 6.07 Å². The lowest BCUT2D eigenvalue weighted by Gasteiger charge is -2.23. The summed E-state index contributed by atoms with van der Waals surface area (Å²) in [4.78, 5) is 0. The van der Waals surface area contributed by atoms with Gasteiger partial charge in [-0.25, -0.2) is 0 Å². The van der Waals surface area contributed by atoms with Crippen LogP contribution in [0.1, 0.15) is 38.6 Å². The molecule has 1 aromatic rings. The first-order valence-corrected chi connectivity index (χ1v) is 7.00. The van der Waals surface area contributed by atoms with Gasteiger partial charge < -0.3 is 15.2 Å². The number of methoxy groups -OCH3 is 1. The standard InChI is InChI=1S/C14H27N3O2/c1-5-12-9-13(17(6-2)16-12)10-15-11-14(3,18)7-8-19-4/h9,15,18H,5-8,10-11H2,1-4H3. The van der Waals surface area contributed by atoms with Crippen LogP contribution in [0.4, 0.5) is 0 Å². The third-order valence-electron chi connectivity index (χ3n) is 3.23. The molecule has 1 heterocycles. The van der Waals surface area contributed by atoms with E-state index in [0.29, 0.717) is 19.6 Å². The Morgan fingerprint density at radius 1 is 1.47 bits per heavy atom. The summed E-state index contributed by atoms with van der Waals surface area (Å²) in [7, 11) is 1.65. The molecule has 0 aliphatic carbocycles. The van der Waals surface area contributed by atoms with Crippen LogP contribution in [0.5, 0.6) is 0 Å². The molecule has 1 atom stereocenters. The molecule has 5 nitrogen and oxygen atoms in total. The number of hydrogen-bond donors (Lipinski definition) is 2. The molecule has 1 rings (SSSR count). The van der Waals surface area contributed by atoms with Gasteiger partial charge in [-0.3, -0.25) is 4.68 Å². The molecule has 1 aromatic heterocycles. The van der Waals surface area contributed by atoms with Crippen LogP contribution in [0.2, 0.25) is 0 Å². The van der Waals surface area contributed by atoms with Gasteiger partial charge >= 0.3 is 0 Å². The number of aromatic nitrogens is 2. The number of ether oxygens (including phenoxy) is 1. The molecule has 110 valence electrons. The minimum Gasteiger partial charge on any atom is -0.389 e. The molecule has 0 radical (unpaired) electrons. The average molecular weight is 269 g/mol. The summed E-state index contributed by atoms with van der Waals surface area (Å²) in [5.41, 5.74) is 1.55. The van der Waals surface area contributed by atoms with Crippen molar-refractivity contribution in [3.05, 3.63) is 17.5 Å². The Hall–Kier alpha value is -0.910. The van der Waals surface area contributed by atoms with Gasteiger partial charge in [-0.1, -0.05) is 6.92 Å². The Bertz CT molecular complexity index is 375. The Balaban J connectivity index is 2.46. The smallest absolute Gasteiger partial charge is 0.0765 e. The van der Waals surface area contributed by atoms with Gasteiger partial charge in [-0.05, 0) is 26.3 Å². The van der Waals surface area contributed by atoms with Crippen molar-refractivity contribution in [2.75, 3.05) is 20.3 Å². The third kappa shape index (κ3) is 5.30. The molecular formula is C14H27N3O2. The van der Waals surface area contributed by atoms with Gasteiger partial charge in [-0.2, -0.15) is 5.10 Å². The lowest BCUT2D eigenvalue weighted by molar-refractivity contribution is 0.0246. The van der Waals surface area contributed by atoms with Crippen molar-refractivity contribution in [3.8, 4) is 0 Å². The molecule has 1 unspecified atom stereocenters. The second kappa shape index (κ2) is 7.62. The van der Waals surface area contributed by atoms with Gasteiger partial charge in [0.1, 0.15) is 0 Å². The van der Waals surface area contributed by atoms with E-state index in [1.807, 2.05) is 11.6 Å². The molecule has 0 aromatic carbocycles. The molecule has 0 saturated heterocycles. The van der Waals surface area contributed by atoms with E-state index in [-0.39, 0.29) is 0 Å². The van der Waals surface area contributed by atoms with Crippen molar-refractivity contribution < 1.29 is 9.84 Å². The number of nitrogens with zero attached hydrogens (tertiary/aromatic N) is 2. The maximum Gasteiger partial charge on any atom is 0.0765 e. The molecule has 19 heavy (non-hydrogen) atoms. The number of nitrogens with one attached hydrogen (secondary N) is 1. The van der Waals surface area contributed by atoms with E-state index in [0.717, 1.165) is 25.2 Å². The fraction of sp³-hybridized carbons (Fsp3) is 0.786. The van der Waals surface area contributed by atoms with E-state index in [4.69, 9.17) is 4.74 Å². The number of aliphatic hydroxyl groups is 1. The third-order valence-corrected chi connectivity index (χ3v) is 3.23. The van der Waals surface area contributed by atoms with Crippen LogP contribution in [-0.2, 0) is 24.2 Å². The minimum absolute atomic E-state index is 0.548. The van der Waals surface area contributed by atoms with E-state index in [2.05, 4.69) is 30.3 Å².